The van der Waals surface area contributed by atoms with Crippen LogP contribution in [0.1, 0.15) is 38.5 Å². The molecule has 4 nitrogen and oxygen atoms in total. The van der Waals surface area contributed by atoms with E-state index in [2.05, 4.69) is 0 Å². The fourth-order valence-electron chi connectivity index (χ4n) is 3.10. The van der Waals surface area contributed by atoms with Crippen molar-refractivity contribution in [2.75, 3.05) is 0 Å². The molecular formula is C14H17NO3. The number of carbonyl (C=O) groups excluding carboxylic acids is 2. The van der Waals surface area contributed by atoms with Crippen LogP contribution in [0.5, 0.6) is 0 Å². The number of allylic oxidation sites excluding steroid dienone is 1. The second-order valence-corrected chi connectivity index (χ2v) is 5.28. The summed E-state index contributed by atoms with van der Waals surface area (Å²) < 4.78 is 0. The summed E-state index contributed by atoms with van der Waals surface area (Å²) in [5.74, 6) is -0.229. The number of imide groups is 1. The highest BCUT2D eigenvalue weighted by Crippen LogP contribution is 2.34. The topological polar surface area (TPSA) is 57.6 Å². The van der Waals surface area contributed by atoms with Gasteiger partial charge in [0.15, 0.2) is 0 Å². The molecule has 2 amide bonds. The molecule has 0 saturated heterocycles. The number of hydrogen-bond acceptors (Lipinski definition) is 3. The van der Waals surface area contributed by atoms with Gasteiger partial charge in [0.2, 0.25) is 0 Å². The van der Waals surface area contributed by atoms with Gasteiger partial charge < -0.3 is 5.11 Å². The van der Waals surface area contributed by atoms with E-state index in [9.17, 15) is 14.7 Å². The quantitative estimate of drug-likeness (QED) is 0.711. The van der Waals surface area contributed by atoms with Crippen LogP contribution in [-0.2, 0) is 9.59 Å². The Morgan fingerprint density at radius 2 is 1.83 bits per heavy atom. The molecular weight excluding hydrogens is 230 g/mol. The number of aliphatic hydroxyl groups is 1. The third kappa shape index (κ3) is 1.72. The minimum atomic E-state index is -0.267. The first-order valence-electron chi connectivity index (χ1n) is 6.64. The Labute approximate surface area is 106 Å². The molecule has 0 atom stereocenters. The van der Waals surface area contributed by atoms with Crippen LogP contribution in [0.4, 0.5) is 0 Å². The molecule has 1 N–H and O–H groups in total. The maximum absolute atomic E-state index is 12.3. The van der Waals surface area contributed by atoms with Gasteiger partial charge in [0.1, 0.15) is 0 Å². The summed E-state index contributed by atoms with van der Waals surface area (Å²) in [4.78, 5) is 26.0. The second kappa shape index (κ2) is 4.35. The summed E-state index contributed by atoms with van der Waals surface area (Å²) in [6, 6.07) is -0.0209. The number of aliphatic hydroxyl groups excluding tert-OH is 1. The van der Waals surface area contributed by atoms with Crippen molar-refractivity contribution < 1.29 is 14.7 Å². The minimum absolute atomic E-state index is 0.0209. The van der Waals surface area contributed by atoms with Gasteiger partial charge in [-0.25, -0.2) is 0 Å². The largest absolute Gasteiger partial charge is 0.393 e. The van der Waals surface area contributed by atoms with Gasteiger partial charge in [-0.2, -0.15) is 0 Å². The summed E-state index contributed by atoms with van der Waals surface area (Å²) >= 11 is 0. The number of hydrogen-bond donors (Lipinski definition) is 1. The van der Waals surface area contributed by atoms with Gasteiger partial charge in [-0.3, -0.25) is 14.5 Å². The van der Waals surface area contributed by atoms with Gasteiger partial charge in [-0.15, -0.1) is 0 Å². The van der Waals surface area contributed by atoms with Crippen molar-refractivity contribution in [3.05, 3.63) is 23.3 Å². The fraction of sp³-hybridized carbons (Fsp3) is 0.571. The summed E-state index contributed by atoms with van der Waals surface area (Å²) in [6.07, 6.45) is 7.82. The van der Waals surface area contributed by atoms with E-state index in [4.69, 9.17) is 0 Å². The smallest absolute Gasteiger partial charge is 0.261 e. The Kier molecular flexibility index (Phi) is 2.82. The molecule has 0 unspecified atom stereocenters. The Hall–Kier alpha value is -1.42. The molecule has 1 saturated carbocycles. The average Bonchev–Trinajstić information content (AvgIpc) is 2.64. The van der Waals surface area contributed by atoms with Crippen LogP contribution in [0.25, 0.3) is 0 Å². The van der Waals surface area contributed by atoms with Crippen molar-refractivity contribution in [3.8, 4) is 0 Å². The van der Waals surface area contributed by atoms with Crippen LogP contribution >= 0.6 is 0 Å². The standard InChI is InChI=1S/C14H17NO3/c16-10-7-5-9(6-8-10)15-13(17)11-3-1-2-4-12(11)14(15)18/h1,3,9-10,16H,2,4-8H2. The Balaban J connectivity index is 1.82. The van der Waals surface area contributed by atoms with Crippen LogP contribution in [-0.4, -0.2) is 34.0 Å². The maximum atomic E-state index is 12.3. The van der Waals surface area contributed by atoms with E-state index in [1.165, 1.54) is 4.90 Å². The van der Waals surface area contributed by atoms with Gasteiger partial charge in [0, 0.05) is 17.2 Å². The van der Waals surface area contributed by atoms with Gasteiger partial charge in [0.05, 0.1) is 6.10 Å². The minimum Gasteiger partial charge on any atom is -0.393 e. The molecule has 0 aromatic carbocycles. The van der Waals surface area contributed by atoms with E-state index >= 15 is 0 Å². The van der Waals surface area contributed by atoms with E-state index in [1.54, 1.807) is 6.08 Å². The zero-order chi connectivity index (χ0) is 12.7. The van der Waals surface area contributed by atoms with Gasteiger partial charge >= 0.3 is 0 Å². The first-order chi connectivity index (χ1) is 8.68. The Morgan fingerprint density at radius 1 is 1.11 bits per heavy atom. The summed E-state index contributed by atoms with van der Waals surface area (Å²) in [5.41, 5.74) is 1.28. The molecule has 96 valence electrons. The van der Waals surface area contributed by atoms with E-state index in [0.29, 0.717) is 30.4 Å². The molecule has 0 spiro atoms. The highest BCUT2D eigenvalue weighted by Gasteiger charge is 2.42. The lowest BCUT2D eigenvalue weighted by atomic mass is 9.92. The molecule has 3 rings (SSSR count). The normalized spacial score (nSPS) is 32.2. The zero-order valence-corrected chi connectivity index (χ0v) is 10.3. The molecule has 2 aliphatic carbocycles. The first kappa shape index (κ1) is 11.7. The summed E-state index contributed by atoms with van der Waals surface area (Å²) in [6.45, 7) is 0. The van der Waals surface area contributed by atoms with E-state index < -0.39 is 0 Å². The highest BCUT2D eigenvalue weighted by molar-refractivity contribution is 6.21. The van der Waals surface area contributed by atoms with Crippen LogP contribution < -0.4 is 0 Å². The molecule has 1 aliphatic heterocycles. The average molecular weight is 247 g/mol. The van der Waals surface area contributed by atoms with Gasteiger partial charge in [-0.05, 0) is 38.5 Å². The van der Waals surface area contributed by atoms with E-state index in [1.807, 2.05) is 6.08 Å². The lowest BCUT2D eigenvalue weighted by Crippen LogP contribution is -2.43. The Bertz CT molecular complexity index is 456. The molecule has 0 aromatic heterocycles. The highest BCUT2D eigenvalue weighted by atomic mass is 16.3. The SMILES string of the molecule is O=C1C2=C(CCC=C2)C(=O)N1C1CCC(O)CC1. The van der Waals surface area contributed by atoms with Crippen molar-refractivity contribution in [1.82, 2.24) is 4.90 Å². The third-order valence-electron chi connectivity index (χ3n) is 4.13. The lowest BCUT2D eigenvalue weighted by Gasteiger charge is -2.31. The molecule has 18 heavy (non-hydrogen) atoms. The second-order valence-electron chi connectivity index (χ2n) is 5.28. The van der Waals surface area contributed by atoms with Crippen molar-refractivity contribution in [2.45, 2.75) is 50.7 Å². The molecule has 0 radical (unpaired) electrons. The molecule has 4 heteroatoms. The van der Waals surface area contributed by atoms with Crippen LogP contribution in [0.2, 0.25) is 0 Å². The van der Waals surface area contributed by atoms with Crippen LogP contribution in [0, 0.1) is 0 Å². The monoisotopic (exact) mass is 247 g/mol. The maximum Gasteiger partial charge on any atom is 0.261 e. The van der Waals surface area contributed by atoms with Crippen LogP contribution in [0.15, 0.2) is 23.3 Å². The molecule has 0 aromatic rings. The van der Waals surface area contributed by atoms with Gasteiger partial charge in [0.25, 0.3) is 11.8 Å². The van der Waals surface area contributed by atoms with Crippen molar-refractivity contribution in [1.29, 1.82) is 0 Å². The number of carbonyl (C=O) groups is 2. The van der Waals surface area contributed by atoms with Gasteiger partial charge in [-0.1, -0.05) is 12.2 Å². The molecule has 0 bridgehead atoms. The van der Waals surface area contributed by atoms with Crippen molar-refractivity contribution >= 4 is 11.8 Å². The predicted octanol–water partition coefficient (Wildman–Crippen LogP) is 1.31. The lowest BCUT2D eigenvalue weighted by molar-refractivity contribution is -0.141. The number of nitrogens with zero attached hydrogens (tertiary/aromatic N) is 1. The number of amides is 2. The van der Waals surface area contributed by atoms with E-state index in [-0.39, 0.29) is 24.0 Å². The zero-order valence-electron chi connectivity index (χ0n) is 10.3. The van der Waals surface area contributed by atoms with Crippen LogP contribution in [0.3, 0.4) is 0 Å². The molecule has 1 heterocycles. The summed E-state index contributed by atoms with van der Waals surface area (Å²) in [5, 5.41) is 9.50. The summed E-state index contributed by atoms with van der Waals surface area (Å²) in [7, 11) is 0. The van der Waals surface area contributed by atoms with Crippen molar-refractivity contribution in [3.63, 3.8) is 0 Å². The third-order valence-corrected chi connectivity index (χ3v) is 4.13. The molecule has 1 fully saturated rings. The Morgan fingerprint density at radius 3 is 2.50 bits per heavy atom. The molecule has 3 aliphatic rings. The first-order valence-corrected chi connectivity index (χ1v) is 6.64. The fourth-order valence-corrected chi connectivity index (χ4v) is 3.10. The van der Waals surface area contributed by atoms with E-state index in [0.717, 1.165) is 19.3 Å². The van der Waals surface area contributed by atoms with Crippen molar-refractivity contribution in [2.24, 2.45) is 0 Å². The predicted molar refractivity (Wildman–Crippen MR) is 65.5 cm³/mol. The number of rotatable bonds is 1.